The van der Waals surface area contributed by atoms with Crippen LogP contribution in [0, 0.1) is 12.7 Å². The van der Waals surface area contributed by atoms with Crippen molar-refractivity contribution in [1.82, 2.24) is 20.6 Å². The number of pyridine rings is 1. The van der Waals surface area contributed by atoms with Gasteiger partial charge in [0, 0.05) is 23.9 Å². The van der Waals surface area contributed by atoms with E-state index in [2.05, 4.69) is 22.3 Å². The molecule has 3 N–H and O–H groups in total. The molecule has 0 saturated carbocycles. The molecule has 0 aliphatic heterocycles. The Kier molecular flexibility index (Phi) is 7.31. The molecule has 0 atom stereocenters. The van der Waals surface area contributed by atoms with E-state index in [9.17, 15) is 22.4 Å². The molecule has 0 aliphatic carbocycles. The van der Waals surface area contributed by atoms with Crippen LogP contribution in [0.15, 0.2) is 78.3 Å². The molecule has 2 aromatic carbocycles. The number of halogens is 1. The fourth-order valence-corrected chi connectivity index (χ4v) is 3.89. The largest absolute Gasteiger partial charge is 0.348 e. The van der Waals surface area contributed by atoms with E-state index in [0.29, 0.717) is 11.3 Å². The van der Waals surface area contributed by atoms with Crippen molar-refractivity contribution in [3.63, 3.8) is 0 Å². The zero-order valence-corrected chi connectivity index (χ0v) is 18.4. The van der Waals surface area contributed by atoms with Crippen LogP contribution in [-0.4, -0.2) is 25.2 Å². The molecule has 2 amide bonds. The highest BCUT2D eigenvalue weighted by molar-refractivity contribution is 7.89. The number of nitrogens with one attached hydrogen (secondary N) is 3. The molecular weight excluding hydrogens is 447 g/mol. The molecule has 0 fully saturated rings. The maximum absolute atomic E-state index is 13.8. The summed E-state index contributed by atoms with van der Waals surface area (Å²) in [6.45, 7) is 5.45. The van der Waals surface area contributed by atoms with Crippen LogP contribution in [0.3, 0.4) is 0 Å². The van der Waals surface area contributed by atoms with E-state index < -0.39 is 26.6 Å². The third-order valence-corrected chi connectivity index (χ3v) is 5.82. The van der Waals surface area contributed by atoms with Crippen LogP contribution in [0.4, 0.5) is 4.39 Å². The summed E-state index contributed by atoms with van der Waals surface area (Å²) in [4.78, 5) is 29.6. The first-order chi connectivity index (χ1) is 15.7. The van der Waals surface area contributed by atoms with E-state index in [1.165, 1.54) is 18.2 Å². The van der Waals surface area contributed by atoms with Gasteiger partial charge in [0.05, 0.1) is 5.69 Å². The molecule has 3 rings (SSSR count). The number of hydrazine groups is 1. The van der Waals surface area contributed by atoms with Crippen molar-refractivity contribution in [3.8, 4) is 11.3 Å². The van der Waals surface area contributed by atoms with Gasteiger partial charge in [-0.15, -0.1) is 4.83 Å². The Morgan fingerprint density at radius 3 is 2.61 bits per heavy atom. The van der Waals surface area contributed by atoms with Crippen LogP contribution in [0.1, 0.15) is 21.5 Å². The summed E-state index contributed by atoms with van der Waals surface area (Å²) in [6, 6.07) is 13.3. The van der Waals surface area contributed by atoms with E-state index in [0.717, 1.165) is 23.3 Å². The highest BCUT2D eigenvalue weighted by Crippen LogP contribution is 2.22. The lowest BCUT2D eigenvalue weighted by atomic mass is 10.0. The summed E-state index contributed by atoms with van der Waals surface area (Å²) in [6.07, 6.45) is 2.75. The van der Waals surface area contributed by atoms with Crippen molar-refractivity contribution in [2.24, 2.45) is 0 Å². The van der Waals surface area contributed by atoms with Crippen molar-refractivity contribution in [3.05, 3.63) is 96.0 Å². The highest BCUT2D eigenvalue weighted by atomic mass is 32.2. The fourth-order valence-electron chi connectivity index (χ4n) is 2.97. The summed E-state index contributed by atoms with van der Waals surface area (Å²) >= 11 is 0. The van der Waals surface area contributed by atoms with Crippen LogP contribution in [0.5, 0.6) is 0 Å². The standard InChI is InChI=1S/C23H21FN4O4S/c1-3-22(29)26-14-16-8-9-25-20(12-16)17-10-15(2)11-18(13-17)23(30)27-28-33(31,32)21-7-5-4-6-19(21)24/h3-13,28H,1,14H2,2H3,(H,26,29)(H,27,30). The number of nitrogens with zero attached hydrogens (tertiary/aromatic N) is 1. The molecule has 1 heterocycles. The van der Waals surface area contributed by atoms with Crippen molar-refractivity contribution in [2.45, 2.75) is 18.4 Å². The number of rotatable bonds is 8. The fraction of sp³-hybridized carbons (Fsp3) is 0.0870. The topological polar surface area (TPSA) is 117 Å². The number of carbonyl (C=O) groups is 2. The SMILES string of the molecule is C=CC(=O)NCc1ccnc(-c2cc(C)cc(C(=O)NNS(=O)(=O)c3ccccc3F)c2)c1. The Hall–Kier alpha value is -3.89. The Bertz CT molecular complexity index is 1330. The number of sulfonamides is 1. The maximum atomic E-state index is 13.8. The van der Waals surface area contributed by atoms with Gasteiger partial charge in [0.15, 0.2) is 0 Å². The van der Waals surface area contributed by atoms with E-state index in [-0.39, 0.29) is 18.0 Å². The highest BCUT2D eigenvalue weighted by Gasteiger charge is 2.20. The summed E-state index contributed by atoms with van der Waals surface area (Å²) < 4.78 is 38.4. The normalized spacial score (nSPS) is 11.0. The number of aromatic nitrogens is 1. The zero-order valence-electron chi connectivity index (χ0n) is 17.6. The van der Waals surface area contributed by atoms with Crippen LogP contribution in [0.2, 0.25) is 0 Å². The van der Waals surface area contributed by atoms with Gasteiger partial charge in [-0.25, -0.2) is 12.8 Å². The number of hydrogen-bond donors (Lipinski definition) is 3. The molecule has 0 unspecified atom stereocenters. The van der Waals surface area contributed by atoms with Gasteiger partial charge in [-0.05, 0) is 66.6 Å². The number of carbonyl (C=O) groups excluding carboxylic acids is 2. The van der Waals surface area contributed by atoms with Gasteiger partial charge in [-0.3, -0.25) is 20.0 Å². The summed E-state index contributed by atoms with van der Waals surface area (Å²) in [5, 5.41) is 2.68. The van der Waals surface area contributed by atoms with Gasteiger partial charge < -0.3 is 5.32 Å². The van der Waals surface area contributed by atoms with Gasteiger partial charge in [0.25, 0.3) is 15.9 Å². The molecule has 3 aromatic rings. The third kappa shape index (κ3) is 6.09. The first-order valence-electron chi connectivity index (χ1n) is 9.73. The van der Waals surface area contributed by atoms with Crippen molar-refractivity contribution >= 4 is 21.8 Å². The van der Waals surface area contributed by atoms with Gasteiger partial charge in [0.2, 0.25) is 5.91 Å². The molecule has 170 valence electrons. The Morgan fingerprint density at radius 1 is 1.12 bits per heavy atom. The van der Waals surface area contributed by atoms with Crippen molar-refractivity contribution in [1.29, 1.82) is 0 Å². The van der Waals surface area contributed by atoms with Gasteiger partial charge in [-0.1, -0.05) is 18.7 Å². The van der Waals surface area contributed by atoms with E-state index in [1.54, 1.807) is 37.4 Å². The summed E-state index contributed by atoms with van der Waals surface area (Å²) in [5.41, 5.74) is 4.98. The molecule has 0 aliphatic rings. The third-order valence-electron chi connectivity index (χ3n) is 4.54. The summed E-state index contributed by atoms with van der Waals surface area (Å²) in [5.74, 6) is -1.97. The molecule has 0 spiro atoms. The van der Waals surface area contributed by atoms with Gasteiger partial charge in [-0.2, -0.15) is 0 Å². The number of aryl methyl sites for hydroxylation is 1. The minimum absolute atomic E-state index is 0.174. The second-order valence-corrected chi connectivity index (χ2v) is 8.70. The Labute approximate surface area is 190 Å². The Balaban J connectivity index is 1.79. The monoisotopic (exact) mass is 468 g/mol. The Morgan fingerprint density at radius 2 is 1.88 bits per heavy atom. The smallest absolute Gasteiger partial charge is 0.266 e. The number of benzene rings is 2. The number of hydrogen-bond acceptors (Lipinski definition) is 5. The van der Waals surface area contributed by atoms with Crippen LogP contribution < -0.4 is 15.6 Å². The molecule has 8 nitrogen and oxygen atoms in total. The maximum Gasteiger partial charge on any atom is 0.266 e. The predicted octanol–water partition coefficient (Wildman–Crippen LogP) is 2.62. The van der Waals surface area contributed by atoms with E-state index in [1.807, 2.05) is 10.9 Å². The molecular formula is C23H21FN4O4S. The quantitative estimate of drug-likeness (QED) is 0.347. The second kappa shape index (κ2) is 10.2. The molecule has 0 radical (unpaired) electrons. The van der Waals surface area contributed by atoms with Crippen LogP contribution in [0.25, 0.3) is 11.3 Å². The summed E-state index contributed by atoms with van der Waals surface area (Å²) in [7, 11) is -4.30. The minimum Gasteiger partial charge on any atom is -0.348 e. The molecule has 0 saturated heterocycles. The first-order valence-corrected chi connectivity index (χ1v) is 11.2. The average molecular weight is 469 g/mol. The van der Waals surface area contributed by atoms with Crippen LogP contribution >= 0.6 is 0 Å². The lowest BCUT2D eigenvalue weighted by Gasteiger charge is -2.11. The molecule has 0 bridgehead atoms. The van der Waals surface area contributed by atoms with Crippen LogP contribution in [-0.2, 0) is 21.4 Å². The second-order valence-electron chi connectivity index (χ2n) is 7.05. The van der Waals surface area contributed by atoms with Crippen molar-refractivity contribution < 1.29 is 22.4 Å². The van der Waals surface area contributed by atoms with Gasteiger partial charge in [0.1, 0.15) is 10.7 Å². The van der Waals surface area contributed by atoms with E-state index in [4.69, 9.17) is 0 Å². The zero-order chi connectivity index (χ0) is 24.0. The lowest BCUT2D eigenvalue weighted by molar-refractivity contribution is -0.116. The minimum atomic E-state index is -4.30. The average Bonchev–Trinajstić information content (AvgIpc) is 2.81. The molecule has 33 heavy (non-hydrogen) atoms. The molecule has 10 heteroatoms. The predicted molar refractivity (Wildman–Crippen MR) is 121 cm³/mol. The first kappa shape index (κ1) is 23.8. The number of amides is 2. The van der Waals surface area contributed by atoms with E-state index >= 15 is 0 Å². The van der Waals surface area contributed by atoms with Gasteiger partial charge >= 0.3 is 0 Å². The van der Waals surface area contributed by atoms with Crippen molar-refractivity contribution in [2.75, 3.05) is 0 Å². The molecule has 1 aromatic heterocycles. The lowest BCUT2D eigenvalue weighted by Crippen LogP contribution is -2.41.